The van der Waals surface area contributed by atoms with Crippen LogP contribution in [0.25, 0.3) is 10.9 Å². The van der Waals surface area contributed by atoms with E-state index in [0.717, 1.165) is 52.5 Å². The monoisotopic (exact) mass is 623 g/mol. The van der Waals surface area contributed by atoms with Gasteiger partial charge in [-0.1, -0.05) is 42.5 Å². The summed E-state index contributed by atoms with van der Waals surface area (Å²) < 4.78 is 10.7. The summed E-state index contributed by atoms with van der Waals surface area (Å²) in [5.74, 6) is 1.81. The van der Waals surface area contributed by atoms with Gasteiger partial charge in [0.1, 0.15) is 17.2 Å². The second-order valence-corrected chi connectivity index (χ2v) is 12.4. The van der Waals surface area contributed by atoms with Crippen molar-refractivity contribution >= 4 is 39.4 Å². The van der Waals surface area contributed by atoms with E-state index < -0.39 is 0 Å². The molecule has 232 valence electrons. The van der Waals surface area contributed by atoms with E-state index in [4.69, 9.17) is 14.5 Å². The first-order chi connectivity index (χ1) is 22.0. The van der Waals surface area contributed by atoms with Crippen LogP contribution in [-0.4, -0.2) is 42.1 Å². The average Bonchev–Trinajstić information content (AvgIpc) is 3.76. The van der Waals surface area contributed by atoms with Gasteiger partial charge in [0, 0.05) is 41.3 Å². The summed E-state index contributed by atoms with van der Waals surface area (Å²) in [5, 5.41) is 17.1. The van der Waals surface area contributed by atoms with E-state index in [1.54, 1.807) is 25.6 Å². The van der Waals surface area contributed by atoms with Crippen LogP contribution < -0.4 is 19.7 Å². The average molecular weight is 624 g/mol. The van der Waals surface area contributed by atoms with Gasteiger partial charge in [0.15, 0.2) is 0 Å². The number of anilines is 2. The van der Waals surface area contributed by atoms with E-state index in [9.17, 15) is 10.1 Å². The number of nitrogens with zero attached hydrogens (tertiary/aromatic N) is 4. The van der Waals surface area contributed by atoms with Crippen LogP contribution in [0.3, 0.4) is 0 Å². The molecule has 3 heterocycles. The lowest BCUT2D eigenvalue weighted by Gasteiger charge is -2.25. The predicted octanol–water partition coefficient (Wildman–Crippen LogP) is 7.64. The van der Waals surface area contributed by atoms with Gasteiger partial charge in [0.2, 0.25) is 5.82 Å². The van der Waals surface area contributed by atoms with Crippen molar-refractivity contribution < 1.29 is 14.4 Å². The van der Waals surface area contributed by atoms with Crippen molar-refractivity contribution in [2.24, 2.45) is 0 Å². The minimum atomic E-state index is -0.306. The van der Waals surface area contributed by atoms with Crippen molar-refractivity contribution in [2.45, 2.75) is 39.0 Å². The summed E-state index contributed by atoms with van der Waals surface area (Å²) in [6.07, 6.45) is 2.52. The van der Waals surface area contributed by atoms with Crippen LogP contribution in [0.5, 0.6) is 11.5 Å². The Kier molecular flexibility index (Phi) is 9.42. The third-order valence-corrected chi connectivity index (χ3v) is 9.20. The number of methoxy groups -OCH3 is 2. The van der Waals surface area contributed by atoms with Crippen LogP contribution in [0.15, 0.2) is 84.9 Å². The highest BCUT2D eigenvalue weighted by molar-refractivity contribution is 7.12. The number of hydrogen-bond acceptors (Lipinski definition) is 9. The number of nitrogens with one attached hydrogen (secondary N) is 1. The van der Waals surface area contributed by atoms with Crippen molar-refractivity contribution in [1.82, 2.24) is 9.88 Å². The fraction of sp³-hybridized carbons (Fsp3) is 0.286. The number of likely N-dealkylation sites (tertiary alicyclic amines) is 1. The van der Waals surface area contributed by atoms with E-state index in [1.807, 2.05) is 77.7 Å². The summed E-state index contributed by atoms with van der Waals surface area (Å²) in [7, 11) is 3.26. The van der Waals surface area contributed by atoms with Gasteiger partial charge >= 0.3 is 5.69 Å². The zero-order chi connectivity index (χ0) is 31.2. The largest absolute Gasteiger partial charge is 0.497 e. The molecule has 0 atom stereocenters. The maximum atomic E-state index is 12.9. The van der Waals surface area contributed by atoms with Gasteiger partial charge in [-0.15, -0.1) is 11.3 Å². The SMILES string of the molecule is COc1ccc(CN(Cc2ccc(OC)cc2)c2nc3ccccc3c(NCc3ccc(CN4CCCC4)s3)c2[N+](=O)[O-])cc1. The second kappa shape index (κ2) is 14.0. The lowest BCUT2D eigenvalue weighted by Crippen LogP contribution is -2.25. The van der Waals surface area contributed by atoms with Crippen LogP contribution in [0.2, 0.25) is 0 Å². The summed E-state index contributed by atoms with van der Waals surface area (Å²) in [6, 6.07) is 27.4. The molecule has 1 saturated heterocycles. The lowest BCUT2D eigenvalue weighted by atomic mass is 10.1. The summed E-state index contributed by atoms with van der Waals surface area (Å²) in [5.41, 5.74) is 3.09. The third-order valence-electron chi connectivity index (χ3n) is 8.13. The van der Waals surface area contributed by atoms with Crippen molar-refractivity contribution in [2.75, 3.05) is 37.5 Å². The molecule has 6 rings (SSSR count). The van der Waals surface area contributed by atoms with Gasteiger partial charge in [0.25, 0.3) is 0 Å². The van der Waals surface area contributed by atoms with Crippen LogP contribution in [-0.2, 0) is 26.2 Å². The molecular formula is C35H37N5O4S. The summed E-state index contributed by atoms with van der Waals surface area (Å²) in [4.78, 5) is 24.5. The van der Waals surface area contributed by atoms with Gasteiger partial charge in [-0.3, -0.25) is 15.0 Å². The lowest BCUT2D eigenvalue weighted by molar-refractivity contribution is -0.383. The van der Waals surface area contributed by atoms with Crippen LogP contribution >= 0.6 is 11.3 Å². The molecule has 2 aromatic heterocycles. The molecule has 3 aromatic carbocycles. The first-order valence-electron chi connectivity index (χ1n) is 15.1. The minimum absolute atomic E-state index is 0.0374. The number of para-hydroxylation sites is 1. The second-order valence-electron chi connectivity index (χ2n) is 11.2. The molecule has 10 heteroatoms. The van der Waals surface area contributed by atoms with Crippen molar-refractivity contribution in [1.29, 1.82) is 0 Å². The molecule has 1 N–H and O–H groups in total. The van der Waals surface area contributed by atoms with Gasteiger partial charge in [-0.25, -0.2) is 4.98 Å². The van der Waals surface area contributed by atoms with Gasteiger partial charge in [0.05, 0.1) is 24.7 Å². The highest BCUT2D eigenvalue weighted by atomic mass is 32.1. The molecule has 0 radical (unpaired) electrons. The fourth-order valence-corrected chi connectivity index (χ4v) is 6.81. The quantitative estimate of drug-likeness (QED) is 0.106. The zero-order valence-corrected chi connectivity index (χ0v) is 26.4. The Bertz CT molecular complexity index is 1700. The van der Waals surface area contributed by atoms with E-state index in [-0.39, 0.29) is 10.6 Å². The molecule has 0 saturated carbocycles. The Hall–Kier alpha value is -4.67. The molecule has 1 aliphatic rings. The minimum Gasteiger partial charge on any atom is -0.497 e. The number of fused-ring (bicyclic) bond motifs is 1. The van der Waals surface area contributed by atoms with Gasteiger partial charge < -0.3 is 19.7 Å². The van der Waals surface area contributed by atoms with Crippen LogP contribution in [0.1, 0.15) is 33.7 Å². The molecule has 45 heavy (non-hydrogen) atoms. The molecule has 1 fully saturated rings. The van der Waals surface area contributed by atoms with E-state index in [0.29, 0.717) is 36.7 Å². The smallest absolute Gasteiger partial charge is 0.335 e. The van der Waals surface area contributed by atoms with Gasteiger partial charge in [-0.05, 0) is 79.5 Å². The Balaban J connectivity index is 1.38. The molecule has 0 unspecified atom stereocenters. The normalized spacial score (nSPS) is 13.2. The van der Waals surface area contributed by atoms with Crippen LogP contribution in [0.4, 0.5) is 17.2 Å². The highest BCUT2D eigenvalue weighted by Crippen LogP contribution is 2.41. The molecule has 0 amide bonds. The maximum Gasteiger partial charge on any atom is 0.335 e. The Labute approximate surface area is 267 Å². The van der Waals surface area contributed by atoms with Crippen molar-refractivity contribution in [3.63, 3.8) is 0 Å². The molecule has 9 nitrogen and oxygen atoms in total. The van der Waals surface area contributed by atoms with Crippen molar-refractivity contribution in [3.8, 4) is 11.5 Å². The number of thiophene rings is 1. The van der Waals surface area contributed by atoms with E-state index in [1.165, 1.54) is 17.7 Å². The van der Waals surface area contributed by atoms with Crippen molar-refractivity contribution in [3.05, 3.63) is 116 Å². The Morgan fingerprint density at radius 1 is 0.867 bits per heavy atom. The summed E-state index contributed by atoms with van der Waals surface area (Å²) in [6.45, 7) is 4.55. The molecular weight excluding hydrogens is 586 g/mol. The Morgan fingerprint density at radius 2 is 1.47 bits per heavy atom. The number of aromatic nitrogens is 1. The maximum absolute atomic E-state index is 12.9. The van der Waals surface area contributed by atoms with Crippen LogP contribution in [0, 0.1) is 10.1 Å². The molecule has 5 aromatic rings. The summed E-state index contributed by atoms with van der Waals surface area (Å²) >= 11 is 1.76. The van der Waals surface area contributed by atoms with E-state index >= 15 is 0 Å². The van der Waals surface area contributed by atoms with Gasteiger partial charge in [-0.2, -0.15) is 0 Å². The molecule has 0 bridgehead atoms. The fourth-order valence-electron chi connectivity index (χ4n) is 5.81. The number of benzene rings is 3. The number of pyridine rings is 1. The number of hydrogen-bond donors (Lipinski definition) is 1. The number of ether oxygens (including phenoxy) is 2. The topological polar surface area (TPSA) is 93.0 Å². The highest BCUT2D eigenvalue weighted by Gasteiger charge is 2.29. The zero-order valence-electron chi connectivity index (χ0n) is 25.6. The Morgan fingerprint density at radius 3 is 2.07 bits per heavy atom. The molecule has 0 spiro atoms. The standard InChI is InChI=1S/C35H37N5O4S/c1-43-27-13-9-25(10-14-27)22-39(23-26-11-15-28(44-2)16-12-26)35-34(40(41)42)33(31-7-3-4-8-32(31)37-35)36-21-29-17-18-30(45-29)24-38-19-5-6-20-38/h3-4,7-18H,5-6,19-24H2,1-2H3,(H,36,37). The number of nitro groups is 1. The third kappa shape index (κ3) is 7.19. The predicted molar refractivity (Wildman–Crippen MR) is 180 cm³/mol. The molecule has 1 aliphatic heterocycles. The molecule has 0 aliphatic carbocycles. The van der Waals surface area contributed by atoms with E-state index in [2.05, 4.69) is 22.3 Å². The first-order valence-corrected chi connectivity index (χ1v) is 15.9. The first kappa shape index (κ1) is 30.4. The number of rotatable bonds is 13.